The molecule has 1 nitrogen and oxygen atoms in total. The highest BCUT2D eigenvalue weighted by Crippen LogP contribution is 2.57. The molecule has 0 N–H and O–H groups in total. The fourth-order valence-electron chi connectivity index (χ4n) is 3.43. The average molecular weight is 313 g/mol. The van der Waals surface area contributed by atoms with E-state index in [9.17, 15) is 4.39 Å². The first-order valence-corrected chi connectivity index (χ1v) is 7.60. The maximum absolute atomic E-state index is 13.1. The molecule has 2 aliphatic carbocycles. The third-order valence-electron chi connectivity index (χ3n) is 4.63. The van der Waals surface area contributed by atoms with Gasteiger partial charge in [-0.3, -0.25) is 0 Å². The van der Waals surface area contributed by atoms with Crippen molar-refractivity contribution in [3.05, 3.63) is 29.6 Å². The zero-order chi connectivity index (χ0) is 12.8. The molecule has 2 saturated carbocycles. The van der Waals surface area contributed by atoms with Gasteiger partial charge >= 0.3 is 0 Å². The van der Waals surface area contributed by atoms with Crippen molar-refractivity contribution in [1.29, 1.82) is 0 Å². The summed E-state index contributed by atoms with van der Waals surface area (Å²) in [6, 6.07) is 4.78. The molecule has 1 spiro atoms. The monoisotopic (exact) mass is 312 g/mol. The smallest absolute Gasteiger partial charge is 0.123 e. The Labute approximate surface area is 116 Å². The van der Waals surface area contributed by atoms with Gasteiger partial charge in [0.25, 0.3) is 0 Å². The second-order valence-corrected chi connectivity index (χ2v) is 6.77. The Kier molecular flexibility index (Phi) is 3.13. The molecule has 3 heteroatoms. The highest BCUT2D eigenvalue weighted by Gasteiger charge is 2.56. The Bertz CT molecular complexity index is 454. The molecule has 18 heavy (non-hydrogen) atoms. The number of alkyl halides is 1. The predicted molar refractivity (Wildman–Crippen MR) is 73.8 cm³/mol. The summed E-state index contributed by atoms with van der Waals surface area (Å²) in [5.74, 6) is 0.648. The van der Waals surface area contributed by atoms with Crippen LogP contribution < -0.4 is 4.74 Å². The summed E-state index contributed by atoms with van der Waals surface area (Å²) in [4.78, 5) is 0.596. The molecule has 1 aromatic carbocycles. The van der Waals surface area contributed by atoms with Crippen LogP contribution >= 0.6 is 15.9 Å². The second kappa shape index (κ2) is 4.52. The Morgan fingerprint density at radius 3 is 2.67 bits per heavy atom. The van der Waals surface area contributed by atoms with Gasteiger partial charge in [-0.25, -0.2) is 4.39 Å². The number of ether oxygens (including phenoxy) is 1. The zero-order valence-corrected chi connectivity index (χ0v) is 12.2. The van der Waals surface area contributed by atoms with Gasteiger partial charge in [0.15, 0.2) is 0 Å². The van der Waals surface area contributed by atoms with Gasteiger partial charge < -0.3 is 4.74 Å². The van der Waals surface area contributed by atoms with Crippen LogP contribution in [-0.4, -0.2) is 10.9 Å². The number of rotatable bonds is 2. The van der Waals surface area contributed by atoms with Gasteiger partial charge in [0.2, 0.25) is 0 Å². The molecule has 2 atom stereocenters. The zero-order valence-electron chi connectivity index (χ0n) is 10.6. The highest BCUT2D eigenvalue weighted by molar-refractivity contribution is 9.09. The summed E-state index contributed by atoms with van der Waals surface area (Å²) in [5, 5.41) is 0. The molecular formula is C15H18BrFO. The Morgan fingerprint density at radius 2 is 2.06 bits per heavy atom. The largest absolute Gasteiger partial charge is 0.489 e. The van der Waals surface area contributed by atoms with Crippen LogP contribution in [0.3, 0.4) is 0 Å². The van der Waals surface area contributed by atoms with E-state index in [1.54, 1.807) is 12.1 Å². The molecule has 0 aliphatic heterocycles. The summed E-state index contributed by atoms with van der Waals surface area (Å²) in [6.45, 7) is 1.91. The topological polar surface area (TPSA) is 9.23 Å². The van der Waals surface area contributed by atoms with E-state index in [1.165, 1.54) is 31.7 Å². The van der Waals surface area contributed by atoms with E-state index in [0.29, 0.717) is 16.3 Å². The van der Waals surface area contributed by atoms with Crippen molar-refractivity contribution in [3.8, 4) is 5.75 Å². The van der Waals surface area contributed by atoms with Crippen LogP contribution in [0.2, 0.25) is 0 Å². The van der Waals surface area contributed by atoms with Gasteiger partial charge in [-0.2, -0.15) is 0 Å². The van der Waals surface area contributed by atoms with E-state index in [4.69, 9.17) is 4.74 Å². The molecule has 0 radical (unpaired) electrons. The lowest BCUT2D eigenvalue weighted by Crippen LogP contribution is -2.55. The molecule has 2 fully saturated rings. The second-order valence-electron chi connectivity index (χ2n) is 5.66. The van der Waals surface area contributed by atoms with Crippen LogP contribution in [0.25, 0.3) is 0 Å². The number of benzene rings is 1. The van der Waals surface area contributed by atoms with Crippen molar-refractivity contribution in [3.63, 3.8) is 0 Å². The molecule has 0 heterocycles. The lowest BCUT2D eigenvalue weighted by atomic mass is 9.64. The van der Waals surface area contributed by atoms with Gasteiger partial charge in [0, 0.05) is 10.2 Å². The summed E-state index contributed by atoms with van der Waals surface area (Å²) in [7, 11) is 0. The fraction of sp³-hybridized carbons (Fsp3) is 0.600. The van der Waals surface area contributed by atoms with E-state index in [1.807, 2.05) is 6.92 Å². The summed E-state index contributed by atoms with van der Waals surface area (Å²) >= 11 is 3.79. The van der Waals surface area contributed by atoms with E-state index in [0.717, 1.165) is 17.7 Å². The minimum absolute atomic E-state index is 0.192. The number of halogens is 2. The maximum atomic E-state index is 13.1. The fourth-order valence-corrected chi connectivity index (χ4v) is 4.52. The van der Waals surface area contributed by atoms with Crippen LogP contribution in [0.5, 0.6) is 5.75 Å². The van der Waals surface area contributed by atoms with E-state index < -0.39 is 0 Å². The molecule has 0 bridgehead atoms. The van der Waals surface area contributed by atoms with Crippen molar-refractivity contribution in [2.45, 2.75) is 50.0 Å². The van der Waals surface area contributed by atoms with Crippen LogP contribution in [-0.2, 0) is 0 Å². The summed E-state index contributed by atoms with van der Waals surface area (Å²) in [5.41, 5.74) is 1.22. The van der Waals surface area contributed by atoms with E-state index in [-0.39, 0.29) is 5.82 Å². The minimum atomic E-state index is -0.192. The lowest BCUT2D eigenvalue weighted by Gasteiger charge is -2.51. The normalized spacial score (nSPS) is 29.3. The van der Waals surface area contributed by atoms with Gasteiger partial charge in [0.1, 0.15) is 17.7 Å². The first-order valence-electron chi connectivity index (χ1n) is 6.69. The first-order chi connectivity index (χ1) is 8.62. The molecule has 2 unspecified atom stereocenters. The van der Waals surface area contributed by atoms with E-state index in [2.05, 4.69) is 15.9 Å². The summed E-state index contributed by atoms with van der Waals surface area (Å²) < 4.78 is 19.2. The van der Waals surface area contributed by atoms with Crippen LogP contribution in [0.1, 0.15) is 37.7 Å². The van der Waals surface area contributed by atoms with Crippen molar-refractivity contribution in [2.24, 2.45) is 5.41 Å². The number of hydrogen-bond donors (Lipinski definition) is 0. The average Bonchev–Trinajstić information content (AvgIpc) is 2.83. The van der Waals surface area contributed by atoms with Crippen molar-refractivity contribution >= 4 is 15.9 Å². The third kappa shape index (κ3) is 1.87. The molecule has 0 aromatic heterocycles. The SMILES string of the molecule is Cc1cc(F)ccc1OC1CC(Br)C12CCCC2. The van der Waals surface area contributed by atoms with E-state index >= 15 is 0 Å². The Morgan fingerprint density at radius 1 is 1.33 bits per heavy atom. The summed E-state index contributed by atoms with van der Waals surface area (Å²) in [6.07, 6.45) is 6.50. The molecule has 98 valence electrons. The molecule has 0 saturated heterocycles. The van der Waals surface area contributed by atoms with Gasteiger partial charge in [0.05, 0.1) is 0 Å². The highest BCUT2D eigenvalue weighted by atomic mass is 79.9. The molecular weight excluding hydrogens is 295 g/mol. The molecule has 3 rings (SSSR count). The number of hydrogen-bond acceptors (Lipinski definition) is 1. The Hall–Kier alpha value is -0.570. The quantitative estimate of drug-likeness (QED) is 0.725. The van der Waals surface area contributed by atoms with Gasteiger partial charge in [-0.1, -0.05) is 28.8 Å². The third-order valence-corrected chi connectivity index (χ3v) is 5.91. The standard InChI is InChI=1S/C15H18BrFO/c1-10-8-11(17)4-5-12(10)18-14-9-13(16)15(14)6-2-3-7-15/h4-5,8,13-14H,2-3,6-7,9H2,1H3. The van der Waals surface area contributed by atoms with Crippen molar-refractivity contribution in [2.75, 3.05) is 0 Å². The van der Waals surface area contributed by atoms with Crippen LogP contribution in [0.4, 0.5) is 4.39 Å². The molecule has 2 aliphatic rings. The maximum Gasteiger partial charge on any atom is 0.123 e. The minimum Gasteiger partial charge on any atom is -0.489 e. The lowest BCUT2D eigenvalue weighted by molar-refractivity contribution is -0.0308. The van der Waals surface area contributed by atoms with Crippen molar-refractivity contribution < 1.29 is 9.13 Å². The van der Waals surface area contributed by atoms with Gasteiger partial charge in [-0.05, 0) is 49.9 Å². The first kappa shape index (κ1) is 12.5. The Balaban J connectivity index is 1.77. The van der Waals surface area contributed by atoms with Crippen LogP contribution in [0, 0.1) is 18.2 Å². The van der Waals surface area contributed by atoms with Gasteiger partial charge in [-0.15, -0.1) is 0 Å². The molecule has 1 aromatic rings. The number of aryl methyl sites for hydroxylation is 1. The van der Waals surface area contributed by atoms with Crippen molar-refractivity contribution in [1.82, 2.24) is 0 Å². The predicted octanol–water partition coefficient (Wildman–Crippen LogP) is 4.61. The van der Waals surface area contributed by atoms with Crippen LogP contribution in [0.15, 0.2) is 18.2 Å². The molecule has 0 amide bonds.